The molecule has 0 aliphatic rings. The maximum absolute atomic E-state index is 12.1. The van der Waals surface area contributed by atoms with Crippen LogP contribution in [0.4, 0.5) is 11.4 Å². The first-order chi connectivity index (χ1) is 10.7. The van der Waals surface area contributed by atoms with E-state index in [0.29, 0.717) is 0 Å². The molecule has 0 heterocycles. The highest BCUT2D eigenvalue weighted by molar-refractivity contribution is 7.87. The average Bonchev–Trinajstić information content (AvgIpc) is 2.49. The predicted octanol–water partition coefficient (Wildman–Crippen LogP) is 2.92. The highest BCUT2D eigenvalue weighted by atomic mass is 35.5. The lowest BCUT2D eigenvalue weighted by Crippen LogP contribution is -2.10. The Morgan fingerprint density at radius 3 is 1.91 bits per heavy atom. The van der Waals surface area contributed by atoms with Crippen LogP contribution in [0.1, 0.15) is 0 Å². The minimum Gasteiger partial charge on any atom is -0.377 e. The van der Waals surface area contributed by atoms with Crippen molar-refractivity contribution in [2.45, 2.75) is 4.90 Å². The summed E-state index contributed by atoms with van der Waals surface area (Å²) >= 11 is 5.75. The van der Waals surface area contributed by atoms with E-state index >= 15 is 0 Å². The molecule has 0 aliphatic heterocycles. The monoisotopic (exact) mass is 358 g/mol. The molecule has 0 aromatic heterocycles. The molecule has 2 rings (SSSR count). The molecule has 23 heavy (non-hydrogen) atoms. The minimum atomic E-state index is -4.29. The molecule has 0 N–H and O–H groups in total. The summed E-state index contributed by atoms with van der Waals surface area (Å²) in [6.07, 6.45) is 0. The molecule has 2 aromatic carbocycles. The molecule has 2 aromatic rings. The van der Waals surface area contributed by atoms with Crippen molar-refractivity contribution < 1.29 is 22.4 Å². The summed E-state index contributed by atoms with van der Waals surface area (Å²) in [5, 5.41) is 20.9. The summed E-state index contributed by atoms with van der Waals surface area (Å²) in [7, 11) is -4.29. The Bertz CT molecular complexity index is 881. The van der Waals surface area contributed by atoms with Gasteiger partial charge >= 0.3 is 10.1 Å². The maximum atomic E-state index is 12.1. The van der Waals surface area contributed by atoms with Gasteiger partial charge in [-0.15, -0.1) is 0 Å². The number of hydrogen-bond acceptors (Lipinski definition) is 7. The fraction of sp³-hybridized carbons (Fsp3) is 0. The standard InChI is InChI=1S/C12H7ClN2O7S/c13-11-7-9(15(18)19)3-6-12(11)22-23(20,21)10-4-1-8(2-5-10)14(16)17/h1-7H. The fourth-order valence-electron chi connectivity index (χ4n) is 1.57. The SMILES string of the molecule is O=[N+]([O-])c1ccc(S(=O)(=O)Oc2ccc([N+](=O)[O-])cc2Cl)cc1. The van der Waals surface area contributed by atoms with Gasteiger partial charge in [0, 0.05) is 24.3 Å². The first kappa shape index (κ1) is 16.6. The van der Waals surface area contributed by atoms with Gasteiger partial charge in [-0.3, -0.25) is 20.2 Å². The largest absolute Gasteiger partial charge is 0.377 e. The first-order valence-electron chi connectivity index (χ1n) is 5.83. The van der Waals surface area contributed by atoms with Gasteiger partial charge in [0.1, 0.15) is 4.90 Å². The molecule has 120 valence electrons. The number of hydrogen-bond donors (Lipinski definition) is 0. The smallest absolute Gasteiger partial charge is 0.339 e. The van der Waals surface area contributed by atoms with Crippen molar-refractivity contribution in [3.8, 4) is 5.75 Å². The van der Waals surface area contributed by atoms with E-state index in [4.69, 9.17) is 15.8 Å². The second-order valence-corrected chi connectivity index (χ2v) is 6.11. The molecule has 11 heteroatoms. The molecule has 0 saturated carbocycles. The molecule has 0 fully saturated rings. The molecule has 0 saturated heterocycles. The lowest BCUT2D eigenvalue weighted by atomic mass is 10.3. The van der Waals surface area contributed by atoms with Crippen LogP contribution < -0.4 is 4.18 Å². The zero-order valence-electron chi connectivity index (χ0n) is 11.1. The van der Waals surface area contributed by atoms with Crippen LogP contribution in [0, 0.1) is 20.2 Å². The predicted molar refractivity (Wildman–Crippen MR) is 79.0 cm³/mol. The van der Waals surface area contributed by atoms with Crippen LogP contribution in [0.15, 0.2) is 47.4 Å². The first-order valence-corrected chi connectivity index (χ1v) is 7.62. The van der Waals surface area contributed by atoms with Crippen molar-refractivity contribution in [3.63, 3.8) is 0 Å². The average molecular weight is 359 g/mol. The second-order valence-electron chi connectivity index (χ2n) is 4.16. The number of benzene rings is 2. The highest BCUT2D eigenvalue weighted by Crippen LogP contribution is 2.31. The Hall–Kier alpha value is -2.72. The Kier molecular flexibility index (Phi) is 4.48. The van der Waals surface area contributed by atoms with Crippen LogP contribution in [0.3, 0.4) is 0 Å². The van der Waals surface area contributed by atoms with Crippen molar-refractivity contribution >= 4 is 33.1 Å². The number of non-ortho nitro benzene ring substituents is 2. The lowest BCUT2D eigenvalue weighted by Gasteiger charge is -2.08. The summed E-state index contributed by atoms with van der Waals surface area (Å²) < 4.78 is 28.9. The maximum Gasteiger partial charge on any atom is 0.339 e. The number of nitro benzene ring substituents is 2. The van der Waals surface area contributed by atoms with Gasteiger partial charge in [-0.25, -0.2) is 0 Å². The van der Waals surface area contributed by atoms with Gasteiger partial charge in [0.15, 0.2) is 5.75 Å². The van der Waals surface area contributed by atoms with Crippen molar-refractivity contribution in [1.29, 1.82) is 0 Å². The van der Waals surface area contributed by atoms with Crippen LogP contribution in [0.25, 0.3) is 0 Å². The fourth-order valence-corrected chi connectivity index (χ4v) is 2.78. The van der Waals surface area contributed by atoms with Crippen LogP contribution >= 0.6 is 11.6 Å². The Morgan fingerprint density at radius 1 is 0.913 bits per heavy atom. The quantitative estimate of drug-likeness (QED) is 0.456. The summed E-state index contributed by atoms with van der Waals surface area (Å²) in [4.78, 5) is 19.4. The molecular weight excluding hydrogens is 352 g/mol. The molecular formula is C12H7ClN2O7S. The van der Waals surface area contributed by atoms with Gasteiger partial charge in [-0.05, 0) is 18.2 Å². The molecule has 0 bridgehead atoms. The van der Waals surface area contributed by atoms with E-state index in [1.54, 1.807) is 0 Å². The normalized spacial score (nSPS) is 11.0. The van der Waals surface area contributed by atoms with Gasteiger partial charge in [0.2, 0.25) is 0 Å². The van der Waals surface area contributed by atoms with E-state index in [1.165, 1.54) is 0 Å². The van der Waals surface area contributed by atoms with E-state index in [9.17, 15) is 28.6 Å². The molecule has 9 nitrogen and oxygen atoms in total. The van der Waals surface area contributed by atoms with Gasteiger partial charge < -0.3 is 4.18 Å². The van der Waals surface area contributed by atoms with Crippen molar-refractivity contribution in [3.05, 3.63) is 67.7 Å². The van der Waals surface area contributed by atoms with Crippen molar-refractivity contribution in [2.24, 2.45) is 0 Å². The lowest BCUT2D eigenvalue weighted by molar-refractivity contribution is -0.385. The van der Waals surface area contributed by atoms with E-state index in [0.717, 1.165) is 42.5 Å². The van der Waals surface area contributed by atoms with Gasteiger partial charge in [0.25, 0.3) is 11.4 Å². The summed E-state index contributed by atoms with van der Waals surface area (Å²) in [5.41, 5.74) is -0.604. The van der Waals surface area contributed by atoms with Crippen LogP contribution in [0.2, 0.25) is 5.02 Å². The summed E-state index contributed by atoms with van der Waals surface area (Å²) in [6, 6.07) is 7.05. The summed E-state index contributed by atoms with van der Waals surface area (Å²) in [6.45, 7) is 0. The number of nitrogens with zero attached hydrogens (tertiary/aromatic N) is 2. The highest BCUT2D eigenvalue weighted by Gasteiger charge is 2.20. The van der Waals surface area contributed by atoms with E-state index in [-0.39, 0.29) is 27.0 Å². The third kappa shape index (κ3) is 3.73. The second kappa shape index (κ2) is 6.18. The minimum absolute atomic E-state index is 0.260. The zero-order valence-corrected chi connectivity index (χ0v) is 12.7. The topological polar surface area (TPSA) is 130 Å². The number of nitro groups is 2. The van der Waals surface area contributed by atoms with Gasteiger partial charge in [-0.2, -0.15) is 8.42 Å². The number of rotatable bonds is 5. The van der Waals surface area contributed by atoms with Crippen LogP contribution in [0.5, 0.6) is 5.75 Å². The zero-order chi connectivity index (χ0) is 17.2. The summed E-state index contributed by atoms with van der Waals surface area (Å²) in [5.74, 6) is -0.296. The van der Waals surface area contributed by atoms with Crippen molar-refractivity contribution in [1.82, 2.24) is 0 Å². The Balaban J connectivity index is 2.31. The molecule has 0 amide bonds. The van der Waals surface area contributed by atoms with Gasteiger partial charge in [-0.1, -0.05) is 11.6 Å². The van der Waals surface area contributed by atoms with Crippen LogP contribution in [-0.4, -0.2) is 18.3 Å². The Labute approximate surface area is 134 Å². The Morgan fingerprint density at radius 2 is 1.43 bits per heavy atom. The molecule has 0 atom stereocenters. The van der Waals surface area contributed by atoms with E-state index in [2.05, 4.69) is 0 Å². The van der Waals surface area contributed by atoms with E-state index < -0.39 is 20.0 Å². The van der Waals surface area contributed by atoms with Crippen LogP contribution in [-0.2, 0) is 10.1 Å². The number of halogens is 1. The van der Waals surface area contributed by atoms with E-state index in [1.807, 2.05) is 0 Å². The molecule has 0 spiro atoms. The van der Waals surface area contributed by atoms with Gasteiger partial charge in [0.05, 0.1) is 14.9 Å². The molecule has 0 aliphatic carbocycles. The third-order valence-corrected chi connectivity index (χ3v) is 4.21. The third-order valence-electron chi connectivity index (χ3n) is 2.66. The molecule has 0 radical (unpaired) electrons. The molecule has 0 unspecified atom stereocenters. The van der Waals surface area contributed by atoms with Crippen molar-refractivity contribution in [2.75, 3.05) is 0 Å².